The van der Waals surface area contributed by atoms with E-state index in [1.165, 1.54) is 25.7 Å². The Kier molecular flexibility index (Phi) is 5.00. The maximum absolute atomic E-state index is 11.7. The molecule has 1 aromatic heterocycles. The van der Waals surface area contributed by atoms with E-state index in [-0.39, 0.29) is 12.5 Å². The lowest BCUT2D eigenvalue weighted by Crippen LogP contribution is -2.37. The molecule has 0 spiro atoms. The molecule has 0 unspecified atom stereocenters. The van der Waals surface area contributed by atoms with Crippen LogP contribution in [0.3, 0.4) is 0 Å². The maximum atomic E-state index is 11.7. The number of carbonyl (C=O) groups excluding carboxylic acids is 1. The van der Waals surface area contributed by atoms with Crippen molar-refractivity contribution >= 4 is 5.91 Å². The largest absolute Gasteiger partial charge is 0.468 e. The van der Waals surface area contributed by atoms with E-state index in [2.05, 4.69) is 10.3 Å². The Morgan fingerprint density at radius 3 is 2.72 bits per heavy atom. The highest BCUT2D eigenvalue weighted by molar-refractivity contribution is 5.77. The Morgan fingerprint density at radius 1 is 1.28 bits per heavy atom. The van der Waals surface area contributed by atoms with Gasteiger partial charge >= 0.3 is 0 Å². The van der Waals surface area contributed by atoms with Gasteiger partial charge < -0.3 is 10.1 Å². The van der Waals surface area contributed by atoms with Gasteiger partial charge in [0, 0.05) is 18.3 Å². The van der Waals surface area contributed by atoms with Gasteiger partial charge in [0.25, 0.3) is 5.91 Å². The first kappa shape index (κ1) is 12.9. The predicted octanol–water partition coefficient (Wildman–Crippen LogP) is 2.30. The second-order valence-corrected chi connectivity index (χ2v) is 4.71. The Labute approximate surface area is 108 Å². The van der Waals surface area contributed by atoms with Crippen LogP contribution in [0.4, 0.5) is 0 Å². The van der Waals surface area contributed by atoms with Gasteiger partial charge in [-0.05, 0) is 18.9 Å². The summed E-state index contributed by atoms with van der Waals surface area (Å²) in [6.45, 7) is 0.0491. The fourth-order valence-corrected chi connectivity index (χ4v) is 2.27. The standard InChI is InChI=1S/C14H20N2O2/c17-13(11-18-14-9-5-6-10-15-14)16-12-7-3-1-2-4-8-12/h5-6,9-10,12H,1-4,7-8,11H2,(H,16,17). The Bertz CT molecular complexity index is 359. The summed E-state index contributed by atoms with van der Waals surface area (Å²) in [5.74, 6) is 0.445. The molecule has 1 aliphatic carbocycles. The zero-order valence-corrected chi connectivity index (χ0v) is 10.6. The molecule has 0 aromatic carbocycles. The summed E-state index contributed by atoms with van der Waals surface area (Å²) in [6, 6.07) is 5.73. The molecular weight excluding hydrogens is 228 g/mol. The van der Waals surface area contributed by atoms with Crippen LogP contribution >= 0.6 is 0 Å². The van der Waals surface area contributed by atoms with E-state index in [0.717, 1.165) is 12.8 Å². The van der Waals surface area contributed by atoms with Gasteiger partial charge in [-0.15, -0.1) is 0 Å². The molecule has 1 amide bonds. The summed E-state index contributed by atoms with van der Waals surface area (Å²) in [5.41, 5.74) is 0. The van der Waals surface area contributed by atoms with Crippen molar-refractivity contribution in [3.05, 3.63) is 24.4 Å². The molecule has 1 aromatic rings. The van der Waals surface area contributed by atoms with E-state index >= 15 is 0 Å². The molecule has 4 heteroatoms. The first-order valence-corrected chi connectivity index (χ1v) is 6.68. The van der Waals surface area contributed by atoms with Gasteiger partial charge in [0.2, 0.25) is 5.88 Å². The van der Waals surface area contributed by atoms with Crippen molar-refractivity contribution in [2.45, 2.75) is 44.6 Å². The third kappa shape index (κ3) is 4.35. The maximum Gasteiger partial charge on any atom is 0.258 e. The zero-order chi connectivity index (χ0) is 12.6. The quantitative estimate of drug-likeness (QED) is 0.832. The molecule has 0 radical (unpaired) electrons. The smallest absolute Gasteiger partial charge is 0.258 e. The third-order valence-corrected chi connectivity index (χ3v) is 3.21. The minimum atomic E-state index is -0.0486. The number of nitrogens with zero attached hydrogens (tertiary/aromatic N) is 1. The first-order valence-electron chi connectivity index (χ1n) is 6.68. The SMILES string of the molecule is O=C(COc1ccccn1)NC1CCCCCC1. The topological polar surface area (TPSA) is 51.2 Å². The molecule has 18 heavy (non-hydrogen) atoms. The van der Waals surface area contributed by atoms with Crippen LogP contribution in [0.25, 0.3) is 0 Å². The van der Waals surface area contributed by atoms with E-state index in [1.54, 1.807) is 12.3 Å². The van der Waals surface area contributed by atoms with E-state index in [4.69, 9.17) is 4.74 Å². The molecule has 1 heterocycles. The average Bonchev–Trinajstić information content (AvgIpc) is 2.66. The lowest BCUT2D eigenvalue weighted by Gasteiger charge is -2.16. The summed E-state index contributed by atoms with van der Waals surface area (Å²) in [4.78, 5) is 15.7. The molecule has 0 saturated heterocycles. The minimum Gasteiger partial charge on any atom is -0.468 e. The van der Waals surface area contributed by atoms with Crippen molar-refractivity contribution in [1.29, 1.82) is 0 Å². The van der Waals surface area contributed by atoms with Crippen LogP contribution in [0.5, 0.6) is 5.88 Å². The molecule has 0 bridgehead atoms. The Balaban J connectivity index is 1.71. The lowest BCUT2D eigenvalue weighted by molar-refractivity contribution is -0.123. The fraction of sp³-hybridized carbons (Fsp3) is 0.571. The number of nitrogens with one attached hydrogen (secondary N) is 1. The number of ether oxygens (including phenoxy) is 1. The Hall–Kier alpha value is -1.58. The molecule has 98 valence electrons. The minimum absolute atomic E-state index is 0.0486. The van der Waals surface area contributed by atoms with Gasteiger partial charge in [-0.2, -0.15) is 0 Å². The molecule has 2 rings (SSSR count). The average molecular weight is 248 g/mol. The van der Waals surface area contributed by atoms with Gasteiger partial charge in [-0.25, -0.2) is 4.98 Å². The number of pyridine rings is 1. The van der Waals surface area contributed by atoms with Crippen LogP contribution in [-0.4, -0.2) is 23.5 Å². The summed E-state index contributed by atoms with van der Waals surface area (Å²) in [6.07, 6.45) is 8.84. The normalized spacial score (nSPS) is 16.9. The first-order chi connectivity index (χ1) is 8.84. The second kappa shape index (κ2) is 6.99. The predicted molar refractivity (Wildman–Crippen MR) is 69.4 cm³/mol. The van der Waals surface area contributed by atoms with Gasteiger partial charge in [0.05, 0.1) is 0 Å². The highest BCUT2D eigenvalue weighted by atomic mass is 16.5. The Morgan fingerprint density at radius 2 is 2.06 bits per heavy atom. The van der Waals surface area contributed by atoms with Gasteiger partial charge in [0.15, 0.2) is 6.61 Å². The number of amides is 1. The van der Waals surface area contributed by atoms with Crippen LogP contribution in [0.1, 0.15) is 38.5 Å². The summed E-state index contributed by atoms with van der Waals surface area (Å²) >= 11 is 0. The molecule has 4 nitrogen and oxygen atoms in total. The van der Waals surface area contributed by atoms with Crippen LogP contribution < -0.4 is 10.1 Å². The lowest BCUT2D eigenvalue weighted by atomic mass is 10.1. The van der Waals surface area contributed by atoms with Crippen molar-refractivity contribution in [2.24, 2.45) is 0 Å². The van der Waals surface area contributed by atoms with Crippen LogP contribution in [0.2, 0.25) is 0 Å². The monoisotopic (exact) mass is 248 g/mol. The zero-order valence-electron chi connectivity index (χ0n) is 10.6. The number of rotatable bonds is 4. The highest BCUT2D eigenvalue weighted by Crippen LogP contribution is 2.17. The fourth-order valence-electron chi connectivity index (χ4n) is 2.27. The van der Waals surface area contributed by atoms with E-state index in [0.29, 0.717) is 11.9 Å². The van der Waals surface area contributed by atoms with E-state index in [1.807, 2.05) is 12.1 Å². The molecule has 1 fully saturated rings. The second-order valence-electron chi connectivity index (χ2n) is 4.71. The molecule has 0 aliphatic heterocycles. The van der Waals surface area contributed by atoms with Crippen LogP contribution in [0.15, 0.2) is 24.4 Å². The molecule has 1 saturated carbocycles. The summed E-state index contributed by atoms with van der Waals surface area (Å²) < 4.78 is 5.32. The van der Waals surface area contributed by atoms with Gasteiger partial charge in [0.1, 0.15) is 0 Å². The molecule has 0 atom stereocenters. The number of hydrogen-bond donors (Lipinski definition) is 1. The van der Waals surface area contributed by atoms with E-state index in [9.17, 15) is 4.79 Å². The number of aromatic nitrogens is 1. The molecular formula is C14H20N2O2. The van der Waals surface area contributed by atoms with Crippen molar-refractivity contribution in [2.75, 3.05) is 6.61 Å². The third-order valence-electron chi connectivity index (χ3n) is 3.21. The number of carbonyl (C=O) groups is 1. The molecule has 1 N–H and O–H groups in total. The molecule has 1 aliphatic rings. The van der Waals surface area contributed by atoms with Crippen LogP contribution in [-0.2, 0) is 4.79 Å². The van der Waals surface area contributed by atoms with E-state index < -0.39 is 0 Å². The number of hydrogen-bond acceptors (Lipinski definition) is 3. The van der Waals surface area contributed by atoms with Gasteiger partial charge in [-0.1, -0.05) is 31.7 Å². The van der Waals surface area contributed by atoms with Crippen molar-refractivity contribution in [3.8, 4) is 5.88 Å². The van der Waals surface area contributed by atoms with Crippen LogP contribution in [0, 0.1) is 0 Å². The summed E-state index contributed by atoms with van der Waals surface area (Å²) in [5, 5.41) is 3.04. The summed E-state index contributed by atoms with van der Waals surface area (Å²) in [7, 11) is 0. The van der Waals surface area contributed by atoms with Crippen molar-refractivity contribution in [1.82, 2.24) is 10.3 Å². The highest BCUT2D eigenvalue weighted by Gasteiger charge is 2.14. The van der Waals surface area contributed by atoms with Crippen molar-refractivity contribution < 1.29 is 9.53 Å². The van der Waals surface area contributed by atoms with Gasteiger partial charge in [-0.3, -0.25) is 4.79 Å². The van der Waals surface area contributed by atoms with Crippen molar-refractivity contribution in [3.63, 3.8) is 0 Å².